The van der Waals surface area contributed by atoms with Crippen LogP contribution in [0.2, 0.25) is 0 Å². The molecule has 6 amide bonds. The molecule has 2 heterocycles. The Labute approximate surface area is 278 Å². The van der Waals surface area contributed by atoms with E-state index in [1.54, 1.807) is 99.6 Å². The zero-order chi connectivity index (χ0) is 34.6. The van der Waals surface area contributed by atoms with Gasteiger partial charge in [0.05, 0.1) is 0 Å². The van der Waals surface area contributed by atoms with E-state index in [0.29, 0.717) is 27.8 Å². The van der Waals surface area contributed by atoms with Crippen molar-refractivity contribution in [3.05, 3.63) is 107 Å². The van der Waals surface area contributed by atoms with E-state index in [4.69, 9.17) is 4.74 Å². The molecule has 12 nitrogen and oxygen atoms in total. The molecule has 1 fully saturated rings. The Morgan fingerprint density at radius 2 is 1.58 bits per heavy atom. The molecule has 12 heteroatoms. The Morgan fingerprint density at radius 3 is 2.21 bits per heavy atom. The molecule has 3 atom stereocenters. The number of fused-ring (bicyclic) bond motifs is 1. The molecule has 3 aromatic rings. The standard InChI is InChI=1S/C36H39N5O7/c1-36(2,3)48-35(47)40(4)30(24-13-9-6-10-14-24)33(45)39-29(23-11-7-5-8-12-23)32(44)37-20-22-15-16-26-25(19-22)21-41(34(26)46)27-17-18-28(42)38-31(27)43/h5-16,19,27,29-30H,17-18,20-21H2,1-4H3,(H,37,44)(H,39,45)(H,38,42,43)/t27?,29-,30?/m0/s1. The van der Waals surface area contributed by atoms with E-state index in [2.05, 4.69) is 16.0 Å². The fraction of sp³-hybridized carbons (Fsp3) is 0.333. The zero-order valence-corrected chi connectivity index (χ0v) is 27.3. The summed E-state index contributed by atoms with van der Waals surface area (Å²) in [6, 6.07) is 19.8. The minimum atomic E-state index is -1.10. The van der Waals surface area contributed by atoms with Gasteiger partial charge in [-0.15, -0.1) is 0 Å². The molecular formula is C36H39N5O7. The molecule has 0 aromatic heterocycles. The molecule has 1 saturated heterocycles. The Kier molecular flexibility index (Phi) is 9.92. The molecule has 2 aliphatic heterocycles. The van der Waals surface area contributed by atoms with Crippen LogP contribution < -0.4 is 16.0 Å². The lowest BCUT2D eigenvalue weighted by molar-refractivity contribution is -0.137. The molecule has 3 aromatic carbocycles. The van der Waals surface area contributed by atoms with Gasteiger partial charge < -0.3 is 20.3 Å². The van der Waals surface area contributed by atoms with E-state index in [9.17, 15) is 28.8 Å². The van der Waals surface area contributed by atoms with Crippen molar-refractivity contribution in [3.63, 3.8) is 0 Å². The maximum absolute atomic E-state index is 14.0. The first-order valence-corrected chi connectivity index (χ1v) is 15.7. The average Bonchev–Trinajstić information content (AvgIpc) is 3.37. The van der Waals surface area contributed by atoms with Crippen molar-refractivity contribution >= 4 is 35.6 Å². The maximum atomic E-state index is 14.0. The number of hydrogen-bond acceptors (Lipinski definition) is 7. The van der Waals surface area contributed by atoms with Gasteiger partial charge in [0.1, 0.15) is 23.7 Å². The van der Waals surface area contributed by atoms with Crippen LogP contribution in [0.5, 0.6) is 0 Å². The molecule has 0 bridgehead atoms. The molecule has 0 aliphatic carbocycles. The highest BCUT2D eigenvalue weighted by atomic mass is 16.6. The van der Waals surface area contributed by atoms with Crippen molar-refractivity contribution in [1.29, 1.82) is 0 Å². The lowest BCUT2D eigenvalue weighted by atomic mass is 10.0. The van der Waals surface area contributed by atoms with Gasteiger partial charge in [-0.1, -0.05) is 72.8 Å². The van der Waals surface area contributed by atoms with Crippen LogP contribution in [0, 0.1) is 0 Å². The SMILES string of the molecule is CN(C(=O)OC(C)(C)C)C(C(=O)N[C@H](C(=O)NCc1ccc2c(c1)CN(C1CCC(=O)NC1=O)C2=O)c1ccccc1)c1ccccc1. The Balaban J connectivity index is 1.32. The lowest BCUT2D eigenvalue weighted by Gasteiger charge is -2.31. The number of hydrogen-bond donors (Lipinski definition) is 3. The summed E-state index contributed by atoms with van der Waals surface area (Å²) in [7, 11) is 1.48. The predicted octanol–water partition coefficient (Wildman–Crippen LogP) is 3.53. The van der Waals surface area contributed by atoms with Crippen molar-refractivity contribution in [2.24, 2.45) is 0 Å². The largest absolute Gasteiger partial charge is 0.444 e. The third-order valence-corrected chi connectivity index (χ3v) is 8.17. The molecule has 3 N–H and O–H groups in total. The van der Waals surface area contributed by atoms with Crippen LogP contribution in [0.25, 0.3) is 0 Å². The highest BCUT2D eigenvalue weighted by Gasteiger charge is 2.39. The third kappa shape index (κ3) is 7.71. The molecule has 48 heavy (non-hydrogen) atoms. The van der Waals surface area contributed by atoms with Crippen LogP contribution in [-0.4, -0.2) is 64.1 Å². The van der Waals surface area contributed by atoms with Crippen LogP contribution in [0.4, 0.5) is 4.79 Å². The van der Waals surface area contributed by atoms with Gasteiger partial charge in [-0.3, -0.25) is 34.2 Å². The molecule has 2 aliphatic rings. The summed E-state index contributed by atoms with van der Waals surface area (Å²) < 4.78 is 5.54. The van der Waals surface area contributed by atoms with E-state index in [1.807, 2.05) is 0 Å². The van der Waals surface area contributed by atoms with Gasteiger partial charge in [0, 0.05) is 32.1 Å². The zero-order valence-electron chi connectivity index (χ0n) is 27.3. The van der Waals surface area contributed by atoms with Gasteiger partial charge in [-0.2, -0.15) is 0 Å². The van der Waals surface area contributed by atoms with Crippen LogP contribution in [-0.2, 0) is 37.0 Å². The first-order chi connectivity index (χ1) is 22.8. The summed E-state index contributed by atoms with van der Waals surface area (Å²) in [6.45, 7) is 5.51. The molecule has 250 valence electrons. The summed E-state index contributed by atoms with van der Waals surface area (Å²) in [4.78, 5) is 80.5. The topological polar surface area (TPSA) is 154 Å². The molecule has 5 rings (SSSR count). The van der Waals surface area contributed by atoms with E-state index in [-0.39, 0.29) is 37.7 Å². The number of imide groups is 1. The normalized spacial score (nSPS) is 17.1. The number of piperidine rings is 1. The molecule has 0 radical (unpaired) electrons. The second-order valence-corrected chi connectivity index (χ2v) is 12.9. The number of nitrogens with zero attached hydrogens (tertiary/aromatic N) is 2. The van der Waals surface area contributed by atoms with Crippen LogP contribution in [0.1, 0.15) is 78.3 Å². The number of rotatable bonds is 9. The number of carbonyl (C=O) groups is 6. The first kappa shape index (κ1) is 33.8. The Hall–Kier alpha value is -5.52. The third-order valence-electron chi connectivity index (χ3n) is 8.17. The fourth-order valence-corrected chi connectivity index (χ4v) is 5.82. The summed E-state index contributed by atoms with van der Waals surface area (Å²) in [5.41, 5.74) is 2.17. The van der Waals surface area contributed by atoms with E-state index in [0.717, 1.165) is 0 Å². The number of carbonyl (C=O) groups excluding carboxylic acids is 6. The van der Waals surface area contributed by atoms with Gasteiger partial charge in [0.15, 0.2) is 0 Å². The number of amides is 6. The van der Waals surface area contributed by atoms with Crippen molar-refractivity contribution < 1.29 is 33.5 Å². The smallest absolute Gasteiger partial charge is 0.410 e. The lowest BCUT2D eigenvalue weighted by Crippen LogP contribution is -2.52. The summed E-state index contributed by atoms with van der Waals surface area (Å²) in [5.74, 6) is -2.19. The first-order valence-electron chi connectivity index (χ1n) is 15.7. The minimum absolute atomic E-state index is 0.0951. The van der Waals surface area contributed by atoms with Gasteiger partial charge in [-0.25, -0.2) is 4.79 Å². The highest BCUT2D eigenvalue weighted by molar-refractivity contribution is 6.05. The fourth-order valence-electron chi connectivity index (χ4n) is 5.82. The maximum Gasteiger partial charge on any atom is 0.410 e. The summed E-state index contributed by atoms with van der Waals surface area (Å²) >= 11 is 0. The number of ether oxygens (including phenoxy) is 1. The molecular weight excluding hydrogens is 614 g/mol. The van der Waals surface area contributed by atoms with Gasteiger partial charge in [0.25, 0.3) is 5.91 Å². The highest BCUT2D eigenvalue weighted by Crippen LogP contribution is 2.29. The second-order valence-electron chi connectivity index (χ2n) is 12.9. The Bertz CT molecular complexity index is 1720. The van der Waals surface area contributed by atoms with Crippen molar-refractivity contribution in [2.75, 3.05) is 7.05 Å². The van der Waals surface area contributed by atoms with Crippen molar-refractivity contribution in [3.8, 4) is 0 Å². The van der Waals surface area contributed by atoms with Crippen molar-refractivity contribution in [2.45, 2.75) is 70.4 Å². The van der Waals surface area contributed by atoms with E-state index in [1.165, 1.54) is 16.8 Å². The number of nitrogens with one attached hydrogen (secondary N) is 3. The van der Waals surface area contributed by atoms with Crippen molar-refractivity contribution in [1.82, 2.24) is 25.8 Å². The predicted molar refractivity (Wildman–Crippen MR) is 175 cm³/mol. The van der Waals surface area contributed by atoms with Gasteiger partial charge in [-0.05, 0) is 55.5 Å². The second kappa shape index (κ2) is 14.1. The molecule has 2 unspecified atom stereocenters. The average molecular weight is 654 g/mol. The number of likely N-dealkylation sites (N-methyl/N-ethyl adjacent to an activating group) is 1. The van der Waals surface area contributed by atoms with Gasteiger partial charge in [0.2, 0.25) is 23.6 Å². The van der Waals surface area contributed by atoms with E-state index < -0.39 is 47.5 Å². The van der Waals surface area contributed by atoms with E-state index >= 15 is 0 Å². The van der Waals surface area contributed by atoms with Crippen LogP contribution >= 0.6 is 0 Å². The summed E-state index contributed by atoms with van der Waals surface area (Å²) in [5, 5.41) is 8.04. The summed E-state index contributed by atoms with van der Waals surface area (Å²) in [6.07, 6.45) is -0.270. The number of benzene rings is 3. The monoisotopic (exact) mass is 653 g/mol. The quantitative estimate of drug-likeness (QED) is 0.299. The van der Waals surface area contributed by atoms with Crippen LogP contribution in [0.3, 0.4) is 0 Å². The minimum Gasteiger partial charge on any atom is -0.444 e. The molecule has 0 saturated carbocycles. The van der Waals surface area contributed by atoms with Gasteiger partial charge >= 0.3 is 6.09 Å². The molecule has 0 spiro atoms. The van der Waals surface area contributed by atoms with Crippen LogP contribution in [0.15, 0.2) is 78.9 Å². The Morgan fingerprint density at radius 1 is 0.938 bits per heavy atom.